The van der Waals surface area contributed by atoms with Gasteiger partial charge in [0.15, 0.2) is 0 Å². The molecule has 15 heavy (non-hydrogen) atoms. The zero-order valence-corrected chi connectivity index (χ0v) is 8.53. The van der Waals surface area contributed by atoms with E-state index in [1.165, 1.54) is 0 Å². The van der Waals surface area contributed by atoms with Gasteiger partial charge in [-0.15, -0.1) is 0 Å². The van der Waals surface area contributed by atoms with Crippen LogP contribution in [0, 0.1) is 0 Å². The highest BCUT2D eigenvalue weighted by atomic mass is 16.4. The highest BCUT2D eigenvalue weighted by Gasteiger charge is 2.11. The van der Waals surface area contributed by atoms with Gasteiger partial charge in [0, 0.05) is 17.7 Å². The van der Waals surface area contributed by atoms with Crippen molar-refractivity contribution in [2.75, 3.05) is 11.5 Å². The maximum absolute atomic E-state index is 5.70. The zero-order chi connectivity index (χ0) is 10.8. The number of nitrogen functional groups attached to an aromatic ring is 2. The molecule has 0 aliphatic rings. The number of nitrogens with two attached hydrogens (primary N) is 2. The molecule has 1 aromatic heterocycles. The third-order valence-corrected chi connectivity index (χ3v) is 2.20. The van der Waals surface area contributed by atoms with Crippen molar-refractivity contribution in [3.8, 4) is 11.3 Å². The molecule has 0 unspecified atom stereocenters. The molecule has 4 nitrogen and oxygen atoms in total. The maximum Gasteiger partial charge on any atom is 0.292 e. The van der Waals surface area contributed by atoms with Crippen LogP contribution in [-0.4, -0.2) is 4.98 Å². The summed E-state index contributed by atoms with van der Waals surface area (Å²) in [7, 11) is 0. The Morgan fingerprint density at radius 3 is 2.80 bits per heavy atom. The Morgan fingerprint density at radius 2 is 2.13 bits per heavy atom. The Bertz CT molecular complexity index is 476. The molecule has 0 aliphatic heterocycles. The second kappa shape index (κ2) is 3.65. The fourth-order valence-electron chi connectivity index (χ4n) is 1.52. The maximum atomic E-state index is 5.70. The van der Waals surface area contributed by atoms with Crippen molar-refractivity contribution in [2.45, 2.75) is 13.3 Å². The van der Waals surface area contributed by atoms with Crippen molar-refractivity contribution in [1.82, 2.24) is 4.98 Å². The molecule has 0 spiro atoms. The van der Waals surface area contributed by atoms with Crippen molar-refractivity contribution in [3.63, 3.8) is 0 Å². The summed E-state index contributed by atoms with van der Waals surface area (Å²) in [6, 6.07) is 7.71. The number of rotatable bonds is 2. The summed E-state index contributed by atoms with van der Waals surface area (Å²) in [5.74, 6) is 0.790. The van der Waals surface area contributed by atoms with Gasteiger partial charge in [0.25, 0.3) is 6.01 Å². The van der Waals surface area contributed by atoms with Gasteiger partial charge in [0.2, 0.25) is 0 Å². The molecule has 0 saturated carbocycles. The number of hydrogen-bond donors (Lipinski definition) is 2. The number of hydrogen-bond acceptors (Lipinski definition) is 4. The number of anilines is 2. The van der Waals surface area contributed by atoms with Gasteiger partial charge in [-0.3, -0.25) is 0 Å². The number of nitrogens with zero attached hydrogens (tertiary/aromatic N) is 1. The highest BCUT2D eigenvalue weighted by molar-refractivity contribution is 5.66. The van der Waals surface area contributed by atoms with Gasteiger partial charge in [-0.05, 0) is 12.1 Å². The van der Waals surface area contributed by atoms with Gasteiger partial charge >= 0.3 is 0 Å². The van der Waals surface area contributed by atoms with Gasteiger partial charge in [-0.1, -0.05) is 19.1 Å². The van der Waals surface area contributed by atoms with Crippen LogP contribution in [0.15, 0.2) is 28.7 Å². The lowest BCUT2D eigenvalue weighted by Crippen LogP contribution is -1.88. The second-order valence-electron chi connectivity index (χ2n) is 3.30. The molecule has 1 heterocycles. The summed E-state index contributed by atoms with van der Waals surface area (Å²) in [5, 5.41) is 0. The van der Waals surface area contributed by atoms with Crippen molar-refractivity contribution in [3.05, 3.63) is 30.0 Å². The van der Waals surface area contributed by atoms with E-state index >= 15 is 0 Å². The molecule has 0 bridgehead atoms. The van der Waals surface area contributed by atoms with Gasteiger partial charge in [0.05, 0.1) is 0 Å². The van der Waals surface area contributed by atoms with Crippen LogP contribution in [0.1, 0.15) is 12.7 Å². The second-order valence-corrected chi connectivity index (χ2v) is 3.30. The van der Waals surface area contributed by atoms with Gasteiger partial charge in [0.1, 0.15) is 11.5 Å². The quantitative estimate of drug-likeness (QED) is 0.732. The highest BCUT2D eigenvalue weighted by Crippen LogP contribution is 2.26. The molecule has 0 aliphatic carbocycles. The average molecular weight is 203 g/mol. The Morgan fingerprint density at radius 1 is 1.33 bits per heavy atom. The first kappa shape index (κ1) is 9.58. The van der Waals surface area contributed by atoms with Crippen LogP contribution in [0.5, 0.6) is 0 Å². The van der Waals surface area contributed by atoms with E-state index in [-0.39, 0.29) is 6.01 Å². The summed E-state index contributed by atoms with van der Waals surface area (Å²) in [6.07, 6.45) is 0.758. The molecular weight excluding hydrogens is 190 g/mol. The minimum absolute atomic E-state index is 0.198. The average Bonchev–Trinajstić information content (AvgIpc) is 2.59. The third-order valence-electron chi connectivity index (χ3n) is 2.20. The predicted molar refractivity (Wildman–Crippen MR) is 60.1 cm³/mol. The van der Waals surface area contributed by atoms with E-state index in [9.17, 15) is 0 Å². The van der Waals surface area contributed by atoms with Crippen molar-refractivity contribution < 1.29 is 4.42 Å². The molecule has 4 N–H and O–H groups in total. The van der Waals surface area contributed by atoms with E-state index in [0.717, 1.165) is 23.4 Å². The van der Waals surface area contributed by atoms with E-state index in [1.807, 2.05) is 31.2 Å². The molecule has 2 aromatic rings. The molecule has 0 fully saturated rings. The molecule has 0 amide bonds. The van der Waals surface area contributed by atoms with Crippen LogP contribution in [0.2, 0.25) is 0 Å². The first-order valence-electron chi connectivity index (χ1n) is 4.81. The van der Waals surface area contributed by atoms with Gasteiger partial charge < -0.3 is 15.9 Å². The van der Waals surface area contributed by atoms with E-state index in [1.54, 1.807) is 0 Å². The Hall–Kier alpha value is -1.97. The SMILES string of the molecule is CCc1oc(N)nc1-c1cccc(N)c1. The largest absolute Gasteiger partial charge is 0.428 e. The lowest BCUT2D eigenvalue weighted by Gasteiger charge is -1.99. The molecule has 1 aromatic carbocycles. The molecule has 0 radical (unpaired) electrons. The summed E-state index contributed by atoms with van der Waals surface area (Å²) in [4.78, 5) is 4.15. The van der Waals surface area contributed by atoms with E-state index in [0.29, 0.717) is 5.69 Å². The molecule has 4 heteroatoms. The summed E-state index contributed by atoms with van der Waals surface area (Å²) >= 11 is 0. The van der Waals surface area contributed by atoms with Crippen LogP contribution in [0.4, 0.5) is 11.7 Å². The lowest BCUT2D eigenvalue weighted by molar-refractivity contribution is 0.530. The van der Waals surface area contributed by atoms with Crippen LogP contribution in [0.3, 0.4) is 0 Å². The Labute approximate surface area is 87.9 Å². The fourth-order valence-corrected chi connectivity index (χ4v) is 1.52. The molecule has 78 valence electrons. The molecule has 2 rings (SSSR count). The normalized spacial score (nSPS) is 10.5. The van der Waals surface area contributed by atoms with Crippen molar-refractivity contribution >= 4 is 11.7 Å². The molecule has 0 atom stereocenters. The van der Waals surface area contributed by atoms with Gasteiger partial charge in [-0.25, -0.2) is 0 Å². The first-order valence-corrected chi connectivity index (χ1v) is 4.81. The monoisotopic (exact) mass is 203 g/mol. The first-order chi connectivity index (χ1) is 7.20. The van der Waals surface area contributed by atoms with Crippen molar-refractivity contribution in [2.24, 2.45) is 0 Å². The summed E-state index contributed by atoms with van der Waals surface area (Å²) < 4.78 is 5.28. The van der Waals surface area contributed by atoms with E-state index in [4.69, 9.17) is 15.9 Å². The third kappa shape index (κ3) is 1.79. The fraction of sp³-hybridized carbons (Fsp3) is 0.182. The topological polar surface area (TPSA) is 78.1 Å². The number of aromatic nitrogens is 1. The standard InChI is InChI=1S/C11H13N3O/c1-2-9-10(14-11(13)15-9)7-4-3-5-8(12)6-7/h3-6H,2,12H2,1H3,(H2,13,14). The minimum atomic E-state index is 0.198. The molecular formula is C11H13N3O. The zero-order valence-electron chi connectivity index (χ0n) is 8.53. The Balaban J connectivity index is 2.53. The molecule has 0 saturated heterocycles. The number of oxazole rings is 1. The van der Waals surface area contributed by atoms with Gasteiger partial charge in [-0.2, -0.15) is 4.98 Å². The predicted octanol–water partition coefficient (Wildman–Crippen LogP) is 2.07. The van der Waals surface area contributed by atoms with Crippen LogP contribution >= 0.6 is 0 Å². The van der Waals surface area contributed by atoms with Crippen LogP contribution in [-0.2, 0) is 6.42 Å². The number of aryl methyl sites for hydroxylation is 1. The summed E-state index contributed by atoms with van der Waals surface area (Å²) in [5.41, 5.74) is 13.6. The number of benzene rings is 1. The van der Waals surface area contributed by atoms with Crippen molar-refractivity contribution in [1.29, 1.82) is 0 Å². The summed E-state index contributed by atoms with van der Waals surface area (Å²) in [6.45, 7) is 2.00. The van der Waals surface area contributed by atoms with Crippen LogP contribution in [0.25, 0.3) is 11.3 Å². The van der Waals surface area contributed by atoms with Crippen LogP contribution < -0.4 is 11.5 Å². The minimum Gasteiger partial charge on any atom is -0.428 e. The Kier molecular flexibility index (Phi) is 2.33. The smallest absolute Gasteiger partial charge is 0.292 e. The van der Waals surface area contributed by atoms with E-state index < -0.39 is 0 Å². The van der Waals surface area contributed by atoms with E-state index in [2.05, 4.69) is 4.98 Å². The lowest BCUT2D eigenvalue weighted by atomic mass is 10.1.